The van der Waals surface area contributed by atoms with Crippen molar-refractivity contribution in [3.8, 4) is 0 Å². The number of hydrogen-bond acceptors (Lipinski definition) is 2. The summed E-state index contributed by atoms with van der Waals surface area (Å²) >= 11 is 11.4. The molecule has 0 unspecified atom stereocenters. The number of benzene rings is 2. The van der Waals surface area contributed by atoms with Gasteiger partial charge in [0.25, 0.3) is 0 Å². The molecule has 0 radical (unpaired) electrons. The van der Waals surface area contributed by atoms with Gasteiger partial charge in [0, 0.05) is 20.1 Å². The molecule has 0 spiro atoms. The van der Waals surface area contributed by atoms with Gasteiger partial charge in [-0.2, -0.15) is 0 Å². The molecule has 1 atom stereocenters. The number of halogens is 2. The molecular formula is C15H14BrClOS. The van der Waals surface area contributed by atoms with Crippen LogP contribution in [0, 0.1) is 0 Å². The third-order valence-corrected chi connectivity index (χ3v) is 5.19. The predicted octanol–water partition coefficient (Wildman–Crippen LogP) is 5.45. The molecule has 0 aliphatic carbocycles. The van der Waals surface area contributed by atoms with Crippen LogP contribution >= 0.6 is 39.3 Å². The molecule has 100 valence electrons. The number of hydrogen-bond donors (Lipinski definition) is 1. The van der Waals surface area contributed by atoms with Crippen molar-refractivity contribution >= 4 is 39.3 Å². The summed E-state index contributed by atoms with van der Waals surface area (Å²) in [5.41, 5.74) is 2.04. The van der Waals surface area contributed by atoms with Crippen molar-refractivity contribution in [1.82, 2.24) is 0 Å². The largest absolute Gasteiger partial charge is 0.389 e. The van der Waals surface area contributed by atoms with Crippen LogP contribution in [0.2, 0.25) is 5.02 Å². The Bertz CT molecular complexity index is 572. The van der Waals surface area contributed by atoms with E-state index in [9.17, 15) is 5.11 Å². The summed E-state index contributed by atoms with van der Waals surface area (Å²) in [7, 11) is 0. The molecular weight excluding hydrogens is 344 g/mol. The van der Waals surface area contributed by atoms with Crippen molar-refractivity contribution in [3.63, 3.8) is 0 Å². The van der Waals surface area contributed by atoms with E-state index in [0.29, 0.717) is 0 Å². The third kappa shape index (κ3) is 3.99. The second-order valence-corrected chi connectivity index (χ2v) is 6.52. The lowest BCUT2D eigenvalue weighted by Crippen LogP contribution is -1.91. The average Bonchev–Trinajstić information content (AvgIpc) is 2.39. The van der Waals surface area contributed by atoms with Gasteiger partial charge in [-0.05, 0) is 52.2 Å². The molecule has 0 saturated heterocycles. The fraction of sp³-hybridized carbons (Fsp3) is 0.200. The topological polar surface area (TPSA) is 20.2 Å². The number of aliphatic hydroxyl groups excluding tert-OH is 1. The zero-order valence-corrected chi connectivity index (χ0v) is 13.6. The van der Waals surface area contributed by atoms with Gasteiger partial charge in [-0.15, -0.1) is 11.8 Å². The Hall–Kier alpha value is -0.480. The first-order valence-electron chi connectivity index (χ1n) is 5.91. The molecule has 0 aromatic heterocycles. The van der Waals surface area contributed by atoms with Crippen molar-refractivity contribution in [2.75, 3.05) is 0 Å². The predicted molar refractivity (Wildman–Crippen MR) is 85.8 cm³/mol. The van der Waals surface area contributed by atoms with E-state index in [1.165, 1.54) is 0 Å². The van der Waals surface area contributed by atoms with Crippen molar-refractivity contribution in [1.29, 1.82) is 0 Å². The maximum atomic E-state index is 9.54. The SMILES string of the molecule is C[C@H](O)c1ccc(SCc2ccccc2Cl)c(Br)c1. The van der Waals surface area contributed by atoms with Gasteiger partial charge in [-0.3, -0.25) is 0 Å². The highest BCUT2D eigenvalue weighted by molar-refractivity contribution is 9.10. The zero-order valence-electron chi connectivity index (χ0n) is 10.4. The Kier molecular flexibility index (Phi) is 5.34. The van der Waals surface area contributed by atoms with E-state index in [0.717, 1.165) is 31.3 Å². The maximum Gasteiger partial charge on any atom is 0.0762 e. The fourth-order valence-corrected chi connectivity index (χ4v) is 3.61. The van der Waals surface area contributed by atoms with Crippen LogP contribution in [0.25, 0.3) is 0 Å². The van der Waals surface area contributed by atoms with E-state index in [1.54, 1.807) is 18.7 Å². The minimum Gasteiger partial charge on any atom is -0.389 e. The zero-order chi connectivity index (χ0) is 13.8. The quantitative estimate of drug-likeness (QED) is 0.734. The molecule has 4 heteroatoms. The van der Waals surface area contributed by atoms with Gasteiger partial charge in [0.05, 0.1) is 6.10 Å². The van der Waals surface area contributed by atoms with E-state index in [4.69, 9.17) is 11.6 Å². The van der Waals surface area contributed by atoms with Crippen molar-refractivity contribution in [3.05, 3.63) is 63.1 Å². The molecule has 1 nitrogen and oxygen atoms in total. The molecule has 0 saturated carbocycles. The van der Waals surface area contributed by atoms with Gasteiger partial charge in [0.2, 0.25) is 0 Å². The van der Waals surface area contributed by atoms with Gasteiger partial charge in [-0.1, -0.05) is 35.9 Å². The van der Waals surface area contributed by atoms with Crippen molar-refractivity contribution in [2.24, 2.45) is 0 Å². The molecule has 2 rings (SSSR count). The second-order valence-electron chi connectivity index (χ2n) is 4.25. The lowest BCUT2D eigenvalue weighted by Gasteiger charge is -2.09. The molecule has 0 aliphatic heterocycles. The van der Waals surface area contributed by atoms with E-state index >= 15 is 0 Å². The summed E-state index contributed by atoms with van der Waals surface area (Å²) < 4.78 is 1.00. The minimum absolute atomic E-state index is 0.445. The van der Waals surface area contributed by atoms with Crippen LogP contribution in [0.3, 0.4) is 0 Å². The van der Waals surface area contributed by atoms with Crippen LogP contribution < -0.4 is 0 Å². The summed E-state index contributed by atoms with van der Waals surface area (Å²) in [5.74, 6) is 0.826. The molecule has 0 bridgehead atoms. The van der Waals surface area contributed by atoms with Gasteiger partial charge in [-0.25, -0.2) is 0 Å². The van der Waals surface area contributed by atoms with Crippen LogP contribution in [0.15, 0.2) is 51.8 Å². The lowest BCUT2D eigenvalue weighted by atomic mass is 10.1. The van der Waals surface area contributed by atoms with Crippen LogP contribution in [-0.2, 0) is 5.75 Å². The molecule has 19 heavy (non-hydrogen) atoms. The first-order chi connectivity index (χ1) is 9.08. The number of aliphatic hydroxyl groups is 1. The standard InChI is InChI=1S/C15H14BrClOS/c1-10(18)11-6-7-15(13(16)8-11)19-9-12-4-2-3-5-14(12)17/h2-8,10,18H,9H2,1H3/t10-/m0/s1. The minimum atomic E-state index is -0.445. The Morgan fingerprint density at radius 2 is 2.00 bits per heavy atom. The summed E-state index contributed by atoms with van der Waals surface area (Å²) in [5, 5.41) is 10.3. The average molecular weight is 358 g/mol. The van der Waals surface area contributed by atoms with Gasteiger partial charge in [0.15, 0.2) is 0 Å². The maximum absolute atomic E-state index is 9.54. The number of thioether (sulfide) groups is 1. The van der Waals surface area contributed by atoms with Crippen LogP contribution in [0.5, 0.6) is 0 Å². The molecule has 1 N–H and O–H groups in total. The van der Waals surface area contributed by atoms with Gasteiger partial charge >= 0.3 is 0 Å². The molecule has 0 aliphatic rings. The van der Waals surface area contributed by atoms with Crippen LogP contribution in [-0.4, -0.2) is 5.11 Å². The first-order valence-corrected chi connectivity index (χ1v) is 8.07. The smallest absolute Gasteiger partial charge is 0.0762 e. The highest BCUT2D eigenvalue weighted by atomic mass is 79.9. The first kappa shape index (κ1) is 14.9. The Labute approximate surface area is 131 Å². The summed E-state index contributed by atoms with van der Waals surface area (Å²) in [4.78, 5) is 1.14. The molecule has 2 aromatic rings. The molecule has 0 heterocycles. The number of rotatable bonds is 4. The van der Waals surface area contributed by atoms with E-state index in [1.807, 2.05) is 42.5 Å². The molecule has 2 aromatic carbocycles. The summed E-state index contributed by atoms with van der Waals surface area (Å²) in [6.07, 6.45) is -0.445. The van der Waals surface area contributed by atoms with E-state index < -0.39 is 6.10 Å². The Balaban J connectivity index is 2.10. The van der Waals surface area contributed by atoms with Crippen LogP contribution in [0.4, 0.5) is 0 Å². The monoisotopic (exact) mass is 356 g/mol. The van der Waals surface area contributed by atoms with Crippen LogP contribution in [0.1, 0.15) is 24.2 Å². The lowest BCUT2D eigenvalue weighted by molar-refractivity contribution is 0.199. The van der Waals surface area contributed by atoms with Gasteiger partial charge in [0.1, 0.15) is 0 Å². The Morgan fingerprint density at radius 1 is 1.26 bits per heavy atom. The highest BCUT2D eigenvalue weighted by Crippen LogP contribution is 2.33. The van der Waals surface area contributed by atoms with E-state index in [2.05, 4.69) is 15.9 Å². The summed E-state index contributed by atoms with van der Waals surface area (Å²) in [6.45, 7) is 1.76. The van der Waals surface area contributed by atoms with Gasteiger partial charge < -0.3 is 5.11 Å². The van der Waals surface area contributed by atoms with Crippen molar-refractivity contribution < 1.29 is 5.11 Å². The van der Waals surface area contributed by atoms with E-state index in [-0.39, 0.29) is 0 Å². The fourth-order valence-electron chi connectivity index (χ4n) is 1.66. The third-order valence-electron chi connectivity index (χ3n) is 2.78. The summed E-state index contributed by atoms with van der Waals surface area (Å²) in [6, 6.07) is 13.8. The highest BCUT2D eigenvalue weighted by Gasteiger charge is 2.07. The second kappa shape index (κ2) is 6.80. The molecule has 0 fully saturated rings. The van der Waals surface area contributed by atoms with Crippen molar-refractivity contribution in [2.45, 2.75) is 23.7 Å². The molecule has 0 amide bonds. The Morgan fingerprint density at radius 3 is 2.63 bits per heavy atom. The normalized spacial score (nSPS) is 12.4.